The molecule has 34 heavy (non-hydrogen) atoms. The normalized spacial score (nSPS) is 25.6. The van der Waals surface area contributed by atoms with E-state index in [1.807, 2.05) is 35.2 Å². The number of aromatic amines is 2. The van der Waals surface area contributed by atoms with Crippen molar-refractivity contribution >= 4 is 21.7 Å². The molecule has 2 aromatic heterocycles. The summed E-state index contributed by atoms with van der Waals surface area (Å²) in [6.07, 6.45) is 5.04. The highest BCUT2D eigenvalue weighted by Gasteiger charge is 2.72. The summed E-state index contributed by atoms with van der Waals surface area (Å²) < 4.78 is 23.8. The molecule has 176 valence electrons. The summed E-state index contributed by atoms with van der Waals surface area (Å²) in [4.78, 5) is 35.4. The van der Waals surface area contributed by atoms with Crippen LogP contribution in [0.5, 0.6) is 0 Å². The van der Waals surface area contributed by atoms with E-state index in [4.69, 9.17) is 0 Å². The van der Waals surface area contributed by atoms with Gasteiger partial charge in [0, 0.05) is 23.8 Å². The van der Waals surface area contributed by atoms with Crippen LogP contribution in [0.25, 0.3) is 0 Å². The highest BCUT2D eigenvalue weighted by Crippen LogP contribution is 2.68. The second-order valence-corrected chi connectivity index (χ2v) is 11.9. The quantitative estimate of drug-likeness (QED) is 0.467. The van der Waals surface area contributed by atoms with Crippen LogP contribution in [0.4, 0.5) is 0 Å². The molecule has 3 fully saturated rings. The third-order valence-corrected chi connectivity index (χ3v) is 8.64. The minimum atomic E-state index is -3.23. The largest absolute Gasteiger partial charge is 0.347 e. The molecule has 1 aromatic carbocycles. The average molecular weight is 481 g/mol. The molecule has 3 aliphatic carbocycles. The minimum absolute atomic E-state index is 0.0776. The Morgan fingerprint density at radius 2 is 1.85 bits per heavy atom. The molecule has 0 radical (unpaired) electrons. The van der Waals surface area contributed by atoms with Gasteiger partial charge in [-0.3, -0.25) is 14.7 Å². The zero-order valence-electron chi connectivity index (χ0n) is 18.4. The monoisotopic (exact) mass is 480 g/mol. The first kappa shape index (κ1) is 21.1. The number of benzene rings is 1. The number of hydrogen-bond donors (Lipinski definition) is 3. The summed E-state index contributed by atoms with van der Waals surface area (Å²) in [5.41, 5.74) is 2.11. The molecule has 0 saturated heterocycles. The number of imidazole rings is 1. The maximum Gasteiger partial charge on any atom is 0.272 e. The standard InChI is InChI=1S/C23H24N6O4S/c30-20(19-17-9-34(32,33)10-18(17)27-28-19)26-23-11-22(12-23,13-23)21(31)29(8-16-6-24-14-25-16)7-15-4-2-1-3-5-15/h1-6,14H,7-13H2,(H,24,25)(H,26,30)(H,27,28). The first-order chi connectivity index (χ1) is 16.3. The van der Waals surface area contributed by atoms with Crippen molar-refractivity contribution in [3.8, 4) is 0 Å². The maximum absolute atomic E-state index is 13.6. The van der Waals surface area contributed by atoms with Crippen molar-refractivity contribution in [2.75, 3.05) is 0 Å². The molecule has 4 aliphatic rings. The molecule has 7 rings (SSSR count). The first-order valence-corrected chi connectivity index (χ1v) is 13.0. The van der Waals surface area contributed by atoms with Crippen LogP contribution in [0, 0.1) is 5.41 Å². The summed E-state index contributed by atoms with van der Waals surface area (Å²) in [6.45, 7) is 0.927. The second kappa shape index (κ2) is 7.26. The molecular weight excluding hydrogens is 456 g/mol. The molecule has 2 bridgehead atoms. The van der Waals surface area contributed by atoms with Crippen molar-refractivity contribution in [3.63, 3.8) is 0 Å². The van der Waals surface area contributed by atoms with Gasteiger partial charge < -0.3 is 15.2 Å². The number of amides is 2. The zero-order chi connectivity index (χ0) is 23.6. The van der Waals surface area contributed by atoms with E-state index in [0.717, 1.165) is 11.3 Å². The number of hydrogen-bond acceptors (Lipinski definition) is 6. The van der Waals surface area contributed by atoms with Gasteiger partial charge in [0.05, 0.1) is 41.2 Å². The average Bonchev–Trinajstić information content (AvgIpc) is 3.45. The highest BCUT2D eigenvalue weighted by molar-refractivity contribution is 7.90. The summed E-state index contributed by atoms with van der Waals surface area (Å²) in [6, 6.07) is 9.86. The van der Waals surface area contributed by atoms with Gasteiger partial charge in [0.15, 0.2) is 15.5 Å². The Balaban J connectivity index is 1.14. The molecule has 0 spiro atoms. The summed E-state index contributed by atoms with van der Waals surface area (Å²) >= 11 is 0. The van der Waals surface area contributed by atoms with E-state index in [-0.39, 0.29) is 29.0 Å². The number of carbonyl (C=O) groups is 2. The van der Waals surface area contributed by atoms with Gasteiger partial charge >= 0.3 is 0 Å². The molecule has 11 heteroatoms. The summed E-state index contributed by atoms with van der Waals surface area (Å²) in [5.74, 6) is -0.583. The molecule has 0 atom stereocenters. The van der Waals surface area contributed by atoms with Crippen molar-refractivity contribution in [2.24, 2.45) is 5.41 Å². The Kier molecular flexibility index (Phi) is 4.50. The lowest BCUT2D eigenvalue weighted by molar-refractivity contribution is -0.190. The lowest BCUT2D eigenvalue weighted by Gasteiger charge is -2.69. The number of nitrogens with one attached hydrogen (secondary N) is 3. The molecular formula is C23H24N6O4S. The Hall–Kier alpha value is -3.47. The summed E-state index contributed by atoms with van der Waals surface area (Å²) in [5, 5.41) is 9.76. The van der Waals surface area contributed by atoms with Crippen LogP contribution in [-0.4, -0.2) is 50.8 Å². The van der Waals surface area contributed by atoms with Gasteiger partial charge in [0.2, 0.25) is 5.91 Å². The zero-order valence-corrected chi connectivity index (χ0v) is 19.2. The predicted octanol–water partition coefficient (Wildman–Crippen LogP) is 1.44. The lowest BCUT2D eigenvalue weighted by Crippen LogP contribution is -2.78. The second-order valence-electron chi connectivity index (χ2n) is 9.83. The number of aromatic nitrogens is 4. The van der Waals surface area contributed by atoms with Crippen LogP contribution in [0.1, 0.15) is 52.3 Å². The number of nitrogens with zero attached hydrogens (tertiary/aromatic N) is 3. The van der Waals surface area contributed by atoms with Crippen LogP contribution in [-0.2, 0) is 39.2 Å². The third-order valence-electron chi connectivity index (χ3n) is 7.18. The maximum atomic E-state index is 13.6. The Labute approximate surface area is 196 Å². The van der Waals surface area contributed by atoms with E-state index in [0.29, 0.717) is 43.6 Å². The van der Waals surface area contributed by atoms with Crippen molar-refractivity contribution in [2.45, 2.75) is 49.4 Å². The predicted molar refractivity (Wildman–Crippen MR) is 121 cm³/mol. The van der Waals surface area contributed by atoms with Crippen LogP contribution in [0.15, 0.2) is 42.9 Å². The van der Waals surface area contributed by atoms with Crippen LogP contribution < -0.4 is 5.32 Å². The molecule has 3 saturated carbocycles. The van der Waals surface area contributed by atoms with Crippen LogP contribution in [0.3, 0.4) is 0 Å². The van der Waals surface area contributed by atoms with Gasteiger partial charge in [-0.25, -0.2) is 13.4 Å². The van der Waals surface area contributed by atoms with Gasteiger partial charge in [0.25, 0.3) is 5.91 Å². The van der Waals surface area contributed by atoms with Crippen LogP contribution in [0.2, 0.25) is 0 Å². The Bertz CT molecular complexity index is 1360. The minimum Gasteiger partial charge on any atom is -0.347 e. The first-order valence-electron chi connectivity index (χ1n) is 11.2. The highest BCUT2D eigenvalue weighted by atomic mass is 32.2. The number of H-pyrrole nitrogens is 2. The van der Waals surface area contributed by atoms with E-state index in [1.54, 1.807) is 12.5 Å². The van der Waals surface area contributed by atoms with E-state index in [2.05, 4.69) is 25.5 Å². The van der Waals surface area contributed by atoms with Gasteiger partial charge in [0.1, 0.15) is 0 Å². The molecule has 3 N–H and O–H groups in total. The molecule has 3 heterocycles. The fourth-order valence-electron chi connectivity index (χ4n) is 5.72. The Morgan fingerprint density at radius 1 is 1.09 bits per heavy atom. The molecule has 10 nitrogen and oxygen atoms in total. The number of rotatable bonds is 7. The van der Waals surface area contributed by atoms with Crippen molar-refractivity contribution in [1.82, 2.24) is 30.4 Å². The van der Waals surface area contributed by atoms with Gasteiger partial charge in [-0.1, -0.05) is 30.3 Å². The van der Waals surface area contributed by atoms with Gasteiger partial charge in [-0.15, -0.1) is 0 Å². The fraction of sp³-hybridized carbons (Fsp3) is 0.391. The molecule has 0 unspecified atom stereocenters. The molecule has 2 amide bonds. The van der Waals surface area contributed by atoms with E-state index >= 15 is 0 Å². The lowest BCUT2D eigenvalue weighted by atomic mass is 9.39. The van der Waals surface area contributed by atoms with Gasteiger partial charge in [-0.05, 0) is 24.8 Å². The number of carbonyl (C=O) groups excluding carboxylic acids is 2. The van der Waals surface area contributed by atoms with Crippen molar-refractivity contribution in [3.05, 3.63) is 71.1 Å². The third kappa shape index (κ3) is 3.42. The summed E-state index contributed by atoms with van der Waals surface area (Å²) in [7, 11) is -3.23. The fourth-order valence-corrected chi connectivity index (χ4v) is 7.25. The Morgan fingerprint density at radius 3 is 2.56 bits per heavy atom. The van der Waals surface area contributed by atoms with Crippen molar-refractivity contribution in [1.29, 1.82) is 0 Å². The van der Waals surface area contributed by atoms with Crippen molar-refractivity contribution < 1.29 is 18.0 Å². The smallest absolute Gasteiger partial charge is 0.272 e. The van der Waals surface area contributed by atoms with E-state index < -0.39 is 20.8 Å². The van der Waals surface area contributed by atoms with Gasteiger partial charge in [-0.2, -0.15) is 5.10 Å². The molecule has 3 aromatic rings. The number of fused-ring (bicyclic) bond motifs is 1. The topological polar surface area (TPSA) is 141 Å². The van der Waals surface area contributed by atoms with E-state index in [1.165, 1.54) is 0 Å². The number of sulfone groups is 1. The SMILES string of the molecule is O=C(NC12CC(C(=O)N(Cc3ccccc3)Cc3cnc[nH]3)(C1)C2)c1n[nH]c2c1CS(=O)(=O)C2. The van der Waals surface area contributed by atoms with E-state index in [9.17, 15) is 18.0 Å². The van der Waals surface area contributed by atoms with Crippen LogP contribution >= 0.6 is 0 Å². The molecule has 1 aliphatic heterocycles.